The molecule has 238 valence electrons. The van der Waals surface area contributed by atoms with Crippen molar-refractivity contribution in [3.05, 3.63) is 199 Å². The van der Waals surface area contributed by atoms with Crippen molar-refractivity contribution in [2.24, 2.45) is 5.73 Å². The molecule has 1 aliphatic rings. The van der Waals surface area contributed by atoms with Gasteiger partial charge < -0.3 is 5.73 Å². The Balaban J connectivity index is 1.38. The van der Waals surface area contributed by atoms with Crippen LogP contribution in [0, 0.1) is 0 Å². The van der Waals surface area contributed by atoms with Crippen LogP contribution in [-0.2, 0) is 6.42 Å². The highest BCUT2D eigenvalue weighted by Crippen LogP contribution is 2.45. The Labute approximate surface area is 290 Å². The smallest absolute Gasteiger partial charge is 0.00170 e. The van der Waals surface area contributed by atoms with Crippen LogP contribution in [0.1, 0.15) is 30.9 Å². The second-order valence-electron chi connectivity index (χ2n) is 12.5. The van der Waals surface area contributed by atoms with Gasteiger partial charge in [0.05, 0.1) is 0 Å². The van der Waals surface area contributed by atoms with Crippen molar-refractivity contribution in [2.45, 2.75) is 26.2 Å². The van der Waals surface area contributed by atoms with Gasteiger partial charge in [0.1, 0.15) is 0 Å². The van der Waals surface area contributed by atoms with Crippen LogP contribution in [0.15, 0.2) is 188 Å². The number of aryl methyl sites for hydroxylation is 1. The van der Waals surface area contributed by atoms with Crippen LogP contribution < -0.4 is 5.73 Å². The second-order valence-corrected chi connectivity index (χ2v) is 12.5. The van der Waals surface area contributed by atoms with Crippen LogP contribution >= 0.6 is 0 Å². The van der Waals surface area contributed by atoms with E-state index < -0.39 is 0 Å². The van der Waals surface area contributed by atoms with Gasteiger partial charge in [-0.2, -0.15) is 0 Å². The van der Waals surface area contributed by atoms with E-state index in [2.05, 4.69) is 159 Å². The van der Waals surface area contributed by atoms with E-state index in [9.17, 15) is 0 Å². The van der Waals surface area contributed by atoms with Gasteiger partial charge in [0, 0.05) is 0 Å². The molecule has 1 heteroatoms. The fourth-order valence-corrected chi connectivity index (χ4v) is 7.33. The minimum atomic E-state index is 0.785. The molecule has 0 unspecified atom stereocenters. The van der Waals surface area contributed by atoms with Crippen molar-refractivity contribution in [1.29, 1.82) is 0 Å². The largest absolute Gasteiger partial charge is 0.405 e. The highest BCUT2D eigenvalue weighted by molar-refractivity contribution is 6.23. The number of nitrogens with two attached hydrogens (primary N) is 1. The van der Waals surface area contributed by atoms with Crippen molar-refractivity contribution >= 4 is 37.9 Å². The minimum absolute atomic E-state index is 0.785. The number of rotatable bonds is 9. The van der Waals surface area contributed by atoms with Gasteiger partial charge in [0.15, 0.2) is 0 Å². The van der Waals surface area contributed by atoms with Gasteiger partial charge >= 0.3 is 0 Å². The Hall–Kier alpha value is -5.92. The summed E-state index contributed by atoms with van der Waals surface area (Å²) < 4.78 is 0. The lowest BCUT2D eigenvalue weighted by Gasteiger charge is -2.19. The maximum atomic E-state index is 5.83. The zero-order valence-electron chi connectivity index (χ0n) is 28.1. The normalized spacial score (nSPS) is 14.5. The van der Waals surface area contributed by atoms with Gasteiger partial charge in [-0.3, -0.25) is 0 Å². The third-order valence-electron chi connectivity index (χ3n) is 9.66. The van der Waals surface area contributed by atoms with E-state index in [4.69, 9.17) is 5.73 Å². The average Bonchev–Trinajstić information content (AvgIpc) is 3.16. The number of hydrogen-bond donors (Lipinski definition) is 1. The van der Waals surface area contributed by atoms with E-state index in [0.29, 0.717) is 0 Å². The molecule has 0 aliphatic heterocycles. The molecule has 49 heavy (non-hydrogen) atoms. The third kappa shape index (κ3) is 6.24. The third-order valence-corrected chi connectivity index (χ3v) is 9.66. The topological polar surface area (TPSA) is 26.0 Å². The van der Waals surface area contributed by atoms with Crippen LogP contribution in [0.25, 0.3) is 60.1 Å². The highest BCUT2D eigenvalue weighted by atomic mass is 14.5. The molecule has 0 saturated carbocycles. The van der Waals surface area contributed by atoms with Gasteiger partial charge in [-0.15, -0.1) is 0 Å². The lowest BCUT2D eigenvalue weighted by Crippen LogP contribution is -1.94. The minimum Gasteiger partial charge on any atom is -0.405 e. The molecule has 0 heterocycles. The highest BCUT2D eigenvalue weighted by Gasteiger charge is 2.18. The Kier molecular flexibility index (Phi) is 9.34. The molecule has 7 rings (SSSR count). The van der Waals surface area contributed by atoms with Crippen LogP contribution in [-0.4, -0.2) is 0 Å². The number of benzene rings is 6. The van der Waals surface area contributed by atoms with E-state index >= 15 is 0 Å². The molecule has 6 aromatic carbocycles. The Morgan fingerprint density at radius 2 is 1.35 bits per heavy atom. The molecule has 0 radical (unpaired) electrons. The summed E-state index contributed by atoms with van der Waals surface area (Å²) in [7, 11) is 0. The molecule has 0 amide bonds. The fourth-order valence-electron chi connectivity index (χ4n) is 7.33. The fraction of sp³-hybridized carbons (Fsp3) is 0.0833. The predicted octanol–water partition coefficient (Wildman–Crippen LogP) is 12.8. The number of hydrogen-bond acceptors (Lipinski definition) is 1. The summed E-state index contributed by atoms with van der Waals surface area (Å²) in [6.45, 7) is 6.14. The van der Waals surface area contributed by atoms with Gasteiger partial charge in [-0.05, 0) is 114 Å². The van der Waals surface area contributed by atoms with Crippen molar-refractivity contribution in [3.63, 3.8) is 0 Å². The summed E-state index contributed by atoms with van der Waals surface area (Å²) in [5.41, 5.74) is 17.2. The van der Waals surface area contributed by atoms with E-state index in [1.165, 1.54) is 82.4 Å². The quantitative estimate of drug-likeness (QED) is 0.125. The zero-order valence-corrected chi connectivity index (χ0v) is 28.1. The predicted molar refractivity (Wildman–Crippen MR) is 214 cm³/mol. The molecule has 0 saturated heterocycles. The maximum absolute atomic E-state index is 5.83. The first-order valence-electron chi connectivity index (χ1n) is 17.2. The zero-order chi connectivity index (χ0) is 33.6. The Morgan fingerprint density at radius 3 is 1.98 bits per heavy atom. The summed E-state index contributed by atoms with van der Waals surface area (Å²) in [6, 6.07) is 40.4. The molecule has 0 fully saturated rings. The molecule has 0 aromatic heterocycles. The SMILES string of the molecule is C=C/C=C\C(C/C(=C\C=C/N)c1ccc(-c2c3ccccc3c(-c3cccc4c(CC)cccc34)c3ccccc23)cc1)=C1\C=CC=CC1. The average molecular weight is 632 g/mol. The van der Waals surface area contributed by atoms with E-state index in [1.54, 1.807) is 6.20 Å². The molecule has 1 aliphatic carbocycles. The van der Waals surface area contributed by atoms with Gasteiger partial charge in [-0.25, -0.2) is 0 Å². The van der Waals surface area contributed by atoms with Crippen molar-refractivity contribution in [2.75, 3.05) is 0 Å². The van der Waals surface area contributed by atoms with Crippen LogP contribution in [0.5, 0.6) is 0 Å². The molecular formula is C48H41N. The summed E-state index contributed by atoms with van der Waals surface area (Å²) in [6.07, 6.45) is 23.0. The van der Waals surface area contributed by atoms with E-state index in [1.807, 2.05) is 18.2 Å². The lowest BCUT2D eigenvalue weighted by atomic mass is 9.84. The molecule has 6 aromatic rings. The molecule has 2 N–H and O–H groups in total. The lowest BCUT2D eigenvalue weighted by molar-refractivity contribution is 1.16. The monoisotopic (exact) mass is 631 g/mol. The molecular weight excluding hydrogens is 591 g/mol. The van der Waals surface area contributed by atoms with E-state index in [0.717, 1.165) is 19.3 Å². The molecule has 1 nitrogen and oxygen atoms in total. The first kappa shape index (κ1) is 31.7. The van der Waals surface area contributed by atoms with E-state index in [-0.39, 0.29) is 0 Å². The van der Waals surface area contributed by atoms with Crippen LogP contribution in [0.4, 0.5) is 0 Å². The summed E-state index contributed by atoms with van der Waals surface area (Å²) >= 11 is 0. The molecule has 0 spiro atoms. The number of fused-ring (bicyclic) bond motifs is 3. The molecule has 0 bridgehead atoms. The first-order chi connectivity index (χ1) is 24.2. The summed E-state index contributed by atoms with van der Waals surface area (Å²) in [5, 5.41) is 7.68. The maximum Gasteiger partial charge on any atom is -0.00170 e. The van der Waals surface area contributed by atoms with Crippen molar-refractivity contribution < 1.29 is 0 Å². The Morgan fingerprint density at radius 1 is 0.694 bits per heavy atom. The molecule has 0 atom stereocenters. The van der Waals surface area contributed by atoms with Gasteiger partial charge in [-0.1, -0.05) is 171 Å². The summed E-state index contributed by atoms with van der Waals surface area (Å²) in [5.74, 6) is 0. The number of allylic oxidation sites excluding steroid dienone is 12. The standard InChI is InChI=1S/C48H41N/c1-3-5-16-38(35-17-7-6-8-18-35)33-39(20-15-32-49)36-28-30-37(31-29-36)47-43-21-9-11-23-45(43)48(46-24-12-10-22-44(46)47)42-27-14-25-40-34(4-2)19-13-26-41(40)42/h3,5-17,19-32H,1,4,18,33,49H2,2H3/b16-5-,32-15-,38-35+,39-20+. The summed E-state index contributed by atoms with van der Waals surface area (Å²) in [4.78, 5) is 0. The van der Waals surface area contributed by atoms with Crippen LogP contribution in [0.2, 0.25) is 0 Å². The van der Waals surface area contributed by atoms with Gasteiger partial charge in [0.25, 0.3) is 0 Å². The second kappa shape index (κ2) is 14.5. The van der Waals surface area contributed by atoms with Crippen LogP contribution in [0.3, 0.4) is 0 Å². The van der Waals surface area contributed by atoms with Gasteiger partial charge in [0.2, 0.25) is 0 Å². The van der Waals surface area contributed by atoms with Crippen molar-refractivity contribution in [3.8, 4) is 22.3 Å². The first-order valence-corrected chi connectivity index (χ1v) is 17.2. The van der Waals surface area contributed by atoms with Crippen molar-refractivity contribution in [1.82, 2.24) is 0 Å². The Bertz CT molecular complexity index is 2310.